The summed E-state index contributed by atoms with van der Waals surface area (Å²) in [5.41, 5.74) is 1.85. The Morgan fingerprint density at radius 1 is 1.15 bits per heavy atom. The van der Waals surface area contributed by atoms with Crippen LogP contribution in [0.2, 0.25) is 0 Å². The summed E-state index contributed by atoms with van der Waals surface area (Å²) in [6.45, 7) is 1.53. The molecule has 0 aliphatic carbocycles. The van der Waals surface area contributed by atoms with E-state index < -0.39 is 23.4 Å². The molecule has 2 rings (SSSR count). The Morgan fingerprint density at radius 2 is 1.85 bits per heavy atom. The van der Waals surface area contributed by atoms with Crippen molar-refractivity contribution < 1.29 is 24.0 Å². The largest absolute Gasteiger partial charge is 0.452 e. The van der Waals surface area contributed by atoms with Crippen LogP contribution in [-0.4, -0.2) is 30.5 Å². The molecule has 0 saturated carbocycles. The number of methoxy groups -OCH3 is 1. The van der Waals surface area contributed by atoms with Crippen LogP contribution < -0.4 is 5.32 Å². The number of carbonyl (C=O) groups excluding carboxylic acids is 2. The van der Waals surface area contributed by atoms with Gasteiger partial charge in [0.25, 0.3) is 11.6 Å². The van der Waals surface area contributed by atoms with Gasteiger partial charge in [-0.05, 0) is 30.7 Å². The molecule has 2 aromatic carbocycles. The predicted octanol–water partition coefficient (Wildman–Crippen LogP) is 2.85. The molecule has 1 N–H and O–H groups in total. The Bertz CT molecular complexity index is 817. The molecular formula is C18H18N2O6. The number of benzene rings is 2. The SMILES string of the molecule is COCc1ccc(C(=O)OCC(=O)Nc2ccc(C)c([N+](=O)[O-])c2)cc1. The summed E-state index contributed by atoms with van der Waals surface area (Å²) in [5, 5.41) is 13.4. The average Bonchev–Trinajstić information content (AvgIpc) is 2.62. The van der Waals surface area contributed by atoms with E-state index in [2.05, 4.69) is 5.32 Å². The molecule has 0 atom stereocenters. The lowest BCUT2D eigenvalue weighted by Crippen LogP contribution is -2.21. The van der Waals surface area contributed by atoms with Gasteiger partial charge in [-0.3, -0.25) is 14.9 Å². The van der Waals surface area contributed by atoms with E-state index >= 15 is 0 Å². The van der Waals surface area contributed by atoms with Crippen LogP contribution >= 0.6 is 0 Å². The molecular weight excluding hydrogens is 340 g/mol. The monoisotopic (exact) mass is 358 g/mol. The number of hydrogen-bond acceptors (Lipinski definition) is 6. The van der Waals surface area contributed by atoms with Gasteiger partial charge in [0.2, 0.25) is 0 Å². The van der Waals surface area contributed by atoms with Gasteiger partial charge in [-0.2, -0.15) is 0 Å². The number of nitro groups is 1. The molecule has 8 nitrogen and oxygen atoms in total. The molecule has 0 saturated heterocycles. The number of amides is 1. The highest BCUT2D eigenvalue weighted by Gasteiger charge is 2.14. The first-order valence-corrected chi connectivity index (χ1v) is 7.70. The van der Waals surface area contributed by atoms with Gasteiger partial charge >= 0.3 is 5.97 Å². The Balaban J connectivity index is 1.91. The number of carbonyl (C=O) groups is 2. The van der Waals surface area contributed by atoms with Crippen molar-refractivity contribution in [3.63, 3.8) is 0 Å². The summed E-state index contributed by atoms with van der Waals surface area (Å²) in [5.74, 6) is -1.23. The van der Waals surface area contributed by atoms with Gasteiger partial charge in [0.1, 0.15) is 0 Å². The van der Waals surface area contributed by atoms with Crippen molar-refractivity contribution in [2.45, 2.75) is 13.5 Å². The Hall–Kier alpha value is -3.26. The first-order chi connectivity index (χ1) is 12.4. The molecule has 26 heavy (non-hydrogen) atoms. The third-order valence-corrected chi connectivity index (χ3v) is 3.52. The number of rotatable bonds is 7. The third-order valence-electron chi connectivity index (χ3n) is 3.52. The van der Waals surface area contributed by atoms with Gasteiger partial charge in [0.05, 0.1) is 17.1 Å². The molecule has 0 fully saturated rings. The molecule has 0 radical (unpaired) electrons. The highest BCUT2D eigenvalue weighted by Crippen LogP contribution is 2.22. The van der Waals surface area contributed by atoms with Gasteiger partial charge in [0, 0.05) is 24.4 Å². The fourth-order valence-electron chi connectivity index (χ4n) is 2.20. The van der Waals surface area contributed by atoms with Crippen molar-refractivity contribution in [1.82, 2.24) is 0 Å². The fourth-order valence-corrected chi connectivity index (χ4v) is 2.20. The van der Waals surface area contributed by atoms with Crippen molar-refractivity contribution in [2.75, 3.05) is 19.0 Å². The number of esters is 1. The van der Waals surface area contributed by atoms with Crippen LogP contribution in [0, 0.1) is 17.0 Å². The second-order valence-corrected chi connectivity index (χ2v) is 5.51. The van der Waals surface area contributed by atoms with E-state index in [0.717, 1.165) is 5.56 Å². The van der Waals surface area contributed by atoms with Crippen LogP contribution in [0.25, 0.3) is 0 Å². The number of ether oxygens (including phenoxy) is 2. The summed E-state index contributed by atoms with van der Waals surface area (Å²) >= 11 is 0. The van der Waals surface area contributed by atoms with Crippen LogP contribution in [-0.2, 0) is 20.9 Å². The number of aryl methyl sites for hydroxylation is 1. The number of hydrogen-bond donors (Lipinski definition) is 1. The van der Waals surface area contributed by atoms with E-state index in [1.165, 1.54) is 18.2 Å². The minimum absolute atomic E-state index is 0.101. The van der Waals surface area contributed by atoms with E-state index in [4.69, 9.17) is 9.47 Å². The number of nitrogens with zero attached hydrogens (tertiary/aromatic N) is 1. The zero-order chi connectivity index (χ0) is 19.1. The summed E-state index contributed by atoms with van der Waals surface area (Å²) in [7, 11) is 1.57. The molecule has 0 spiro atoms. The van der Waals surface area contributed by atoms with E-state index in [1.807, 2.05) is 0 Å². The smallest absolute Gasteiger partial charge is 0.338 e. The van der Waals surface area contributed by atoms with Gasteiger partial charge < -0.3 is 14.8 Å². The van der Waals surface area contributed by atoms with Crippen molar-refractivity contribution in [1.29, 1.82) is 0 Å². The summed E-state index contributed by atoms with van der Waals surface area (Å²) in [4.78, 5) is 34.2. The topological polar surface area (TPSA) is 108 Å². The minimum atomic E-state index is -0.640. The third kappa shape index (κ3) is 5.12. The quantitative estimate of drug-likeness (QED) is 0.463. The van der Waals surface area contributed by atoms with Crippen LogP contribution in [0.5, 0.6) is 0 Å². The summed E-state index contributed by atoms with van der Waals surface area (Å²) in [6, 6.07) is 10.9. The molecule has 2 aromatic rings. The number of anilines is 1. The standard InChI is InChI=1S/C18H18N2O6/c1-12-3-8-15(9-16(12)20(23)24)19-17(21)11-26-18(22)14-6-4-13(5-7-14)10-25-2/h3-9H,10-11H2,1-2H3,(H,19,21). The van der Waals surface area contributed by atoms with E-state index in [0.29, 0.717) is 17.7 Å². The molecule has 136 valence electrons. The number of nitrogens with one attached hydrogen (secondary N) is 1. The van der Waals surface area contributed by atoms with Crippen molar-refractivity contribution in [3.8, 4) is 0 Å². The number of nitro benzene ring substituents is 1. The summed E-state index contributed by atoms with van der Waals surface area (Å²) in [6.07, 6.45) is 0. The molecule has 0 aromatic heterocycles. The predicted molar refractivity (Wildman–Crippen MR) is 93.9 cm³/mol. The van der Waals surface area contributed by atoms with Gasteiger partial charge in [0.15, 0.2) is 6.61 Å². The Kier molecular flexibility index (Phi) is 6.40. The lowest BCUT2D eigenvalue weighted by atomic mass is 10.1. The molecule has 8 heteroatoms. The van der Waals surface area contributed by atoms with E-state index in [9.17, 15) is 19.7 Å². The van der Waals surface area contributed by atoms with Gasteiger partial charge in [-0.25, -0.2) is 4.79 Å². The van der Waals surface area contributed by atoms with Crippen LogP contribution in [0.4, 0.5) is 11.4 Å². The second-order valence-electron chi connectivity index (χ2n) is 5.51. The molecule has 0 bridgehead atoms. The molecule has 0 heterocycles. The average molecular weight is 358 g/mol. The Labute approximate surface area is 149 Å². The van der Waals surface area contributed by atoms with E-state index in [1.54, 1.807) is 38.3 Å². The zero-order valence-electron chi connectivity index (χ0n) is 14.4. The molecule has 0 aliphatic rings. The zero-order valence-corrected chi connectivity index (χ0v) is 14.4. The maximum absolute atomic E-state index is 11.9. The maximum Gasteiger partial charge on any atom is 0.338 e. The lowest BCUT2D eigenvalue weighted by Gasteiger charge is -2.08. The highest BCUT2D eigenvalue weighted by atomic mass is 16.6. The first kappa shape index (κ1) is 19.1. The first-order valence-electron chi connectivity index (χ1n) is 7.70. The van der Waals surface area contributed by atoms with Gasteiger partial charge in [-0.1, -0.05) is 18.2 Å². The van der Waals surface area contributed by atoms with Crippen molar-refractivity contribution in [3.05, 3.63) is 69.3 Å². The van der Waals surface area contributed by atoms with Crippen molar-refractivity contribution in [2.24, 2.45) is 0 Å². The molecule has 1 amide bonds. The molecule has 0 unspecified atom stereocenters. The highest BCUT2D eigenvalue weighted by molar-refractivity contribution is 5.95. The Morgan fingerprint density at radius 3 is 2.46 bits per heavy atom. The van der Waals surface area contributed by atoms with E-state index in [-0.39, 0.29) is 11.4 Å². The second kappa shape index (κ2) is 8.72. The van der Waals surface area contributed by atoms with Gasteiger partial charge in [-0.15, -0.1) is 0 Å². The fraction of sp³-hybridized carbons (Fsp3) is 0.222. The minimum Gasteiger partial charge on any atom is -0.452 e. The van der Waals surface area contributed by atoms with Crippen LogP contribution in [0.15, 0.2) is 42.5 Å². The molecule has 0 aliphatic heterocycles. The maximum atomic E-state index is 11.9. The van der Waals surface area contributed by atoms with Crippen molar-refractivity contribution >= 4 is 23.3 Å². The van der Waals surface area contributed by atoms with Crippen LogP contribution in [0.1, 0.15) is 21.5 Å². The normalized spacial score (nSPS) is 10.2. The van der Waals surface area contributed by atoms with Crippen LogP contribution in [0.3, 0.4) is 0 Å². The summed E-state index contributed by atoms with van der Waals surface area (Å²) < 4.78 is 9.93. The lowest BCUT2D eigenvalue weighted by molar-refractivity contribution is -0.385.